The lowest BCUT2D eigenvalue weighted by molar-refractivity contribution is -0.274. The van der Waals surface area contributed by atoms with Crippen molar-refractivity contribution in [2.24, 2.45) is 0 Å². The van der Waals surface area contributed by atoms with Crippen LogP contribution in [0.25, 0.3) is 0 Å². The highest BCUT2D eigenvalue weighted by Gasteiger charge is 2.30. The van der Waals surface area contributed by atoms with Crippen molar-refractivity contribution in [2.75, 3.05) is 13.1 Å². The van der Waals surface area contributed by atoms with Gasteiger partial charge in [0.1, 0.15) is 5.75 Å². The standard InChI is InChI=1S/C13H17F3N2O/c14-13(15,16)19-12-6-4-11(5-7-12)10-17-18-8-2-1-3-9-18/h4-7,17H,1-3,8-10H2. The lowest BCUT2D eigenvalue weighted by Crippen LogP contribution is -2.41. The van der Waals surface area contributed by atoms with Gasteiger partial charge in [0.15, 0.2) is 0 Å². The molecule has 19 heavy (non-hydrogen) atoms. The van der Waals surface area contributed by atoms with Crippen molar-refractivity contribution in [3.05, 3.63) is 29.8 Å². The molecule has 1 aliphatic rings. The number of ether oxygens (including phenoxy) is 1. The zero-order chi connectivity index (χ0) is 13.7. The van der Waals surface area contributed by atoms with E-state index in [1.54, 1.807) is 12.1 Å². The van der Waals surface area contributed by atoms with Crippen LogP contribution < -0.4 is 10.2 Å². The van der Waals surface area contributed by atoms with Crippen molar-refractivity contribution in [1.29, 1.82) is 0 Å². The van der Waals surface area contributed by atoms with Gasteiger partial charge in [-0.15, -0.1) is 13.2 Å². The van der Waals surface area contributed by atoms with Crippen LogP contribution in [-0.2, 0) is 6.54 Å². The fourth-order valence-electron chi connectivity index (χ4n) is 2.06. The summed E-state index contributed by atoms with van der Waals surface area (Å²) in [4.78, 5) is 0. The van der Waals surface area contributed by atoms with Crippen LogP contribution in [0.3, 0.4) is 0 Å². The molecule has 0 radical (unpaired) electrons. The van der Waals surface area contributed by atoms with Crippen LogP contribution in [0.15, 0.2) is 24.3 Å². The molecule has 1 heterocycles. The van der Waals surface area contributed by atoms with E-state index in [-0.39, 0.29) is 5.75 Å². The molecule has 6 heteroatoms. The molecule has 1 aliphatic heterocycles. The van der Waals surface area contributed by atoms with Gasteiger partial charge in [0.25, 0.3) is 0 Å². The highest BCUT2D eigenvalue weighted by atomic mass is 19.4. The predicted molar refractivity (Wildman–Crippen MR) is 65.4 cm³/mol. The molecule has 0 amide bonds. The van der Waals surface area contributed by atoms with Crippen molar-refractivity contribution >= 4 is 0 Å². The monoisotopic (exact) mass is 274 g/mol. The minimum absolute atomic E-state index is 0.186. The molecular formula is C13H17F3N2O. The molecular weight excluding hydrogens is 257 g/mol. The minimum Gasteiger partial charge on any atom is -0.406 e. The van der Waals surface area contributed by atoms with Gasteiger partial charge < -0.3 is 4.74 Å². The molecule has 1 fully saturated rings. The highest BCUT2D eigenvalue weighted by molar-refractivity contribution is 5.27. The van der Waals surface area contributed by atoms with Gasteiger partial charge in [0.2, 0.25) is 0 Å². The number of piperidine rings is 1. The van der Waals surface area contributed by atoms with Crippen LogP contribution in [0.1, 0.15) is 24.8 Å². The fourth-order valence-corrected chi connectivity index (χ4v) is 2.06. The SMILES string of the molecule is FC(F)(F)Oc1ccc(CNN2CCCCC2)cc1. The second kappa shape index (κ2) is 6.25. The first-order chi connectivity index (χ1) is 9.03. The number of hydrogen-bond donors (Lipinski definition) is 1. The third kappa shape index (κ3) is 5.08. The Labute approximate surface area is 110 Å². The molecule has 1 aromatic carbocycles. The average Bonchev–Trinajstić information content (AvgIpc) is 2.37. The van der Waals surface area contributed by atoms with Crippen LogP contribution in [0.2, 0.25) is 0 Å². The van der Waals surface area contributed by atoms with E-state index in [1.807, 2.05) is 0 Å². The van der Waals surface area contributed by atoms with E-state index in [9.17, 15) is 13.2 Å². The number of nitrogens with zero attached hydrogens (tertiary/aromatic N) is 1. The molecule has 0 aliphatic carbocycles. The number of alkyl halides is 3. The van der Waals surface area contributed by atoms with E-state index >= 15 is 0 Å². The summed E-state index contributed by atoms with van der Waals surface area (Å²) in [5.74, 6) is -0.186. The van der Waals surface area contributed by atoms with Gasteiger partial charge in [-0.25, -0.2) is 5.01 Å². The maximum atomic E-state index is 12.0. The number of benzene rings is 1. The smallest absolute Gasteiger partial charge is 0.406 e. The fraction of sp³-hybridized carbons (Fsp3) is 0.538. The Bertz CT molecular complexity index is 386. The topological polar surface area (TPSA) is 24.5 Å². The summed E-state index contributed by atoms with van der Waals surface area (Å²) in [6.45, 7) is 2.66. The Balaban J connectivity index is 1.81. The second-order valence-corrected chi connectivity index (χ2v) is 4.57. The number of rotatable bonds is 4. The molecule has 1 saturated heterocycles. The molecule has 0 saturated carbocycles. The average molecular weight is 274 g/mol. The zero-order valence-corrected chi connectivity index (χ0v) is 10.5. The van der Waals surface area contributed by atoms with Crippen molar-refractivity contribution in [3.63, 3.8) is 0 Å². The summed E-state index contributed by atoms with van der Waals surface area (Å²) in [5, 5.41) is 2.16. The molecule has 1 aromatic rings. The summed E-state index contributed by atoms with van der Waals surface area (Å²) < 4.78 is 39.8. The van der Waals surface area contributed by atoms with Gasteiger partial charge >= 0.3 is 6.36 Å². The summed E-state index contributed by atoms with van der Waals surface area (Å²) >= 11 is 0. The minimum atomic E-state index is -4.63. The molecule has 0 aromatic heterocycles. The molecule has 0 spiro atoms. The number of halogens is 3. The van der Waals surface area contributed by atoms with Crippen molar-refractivity contribution < 1.29 is 17.9 Å². The molecule has 2 rings (SSSR count). The summed E-state index contributed by atoms with van der Waals surface area (Å²) in [7, 11) is 0. The first-order valence-electron chi connectivity index (χ1n) is 6.36. The second-order valence-electron chi connectivity index (χ2n) is 4.57. The quantitative estimate of drug-likeness (QED) is 0.913. The molecule has 1 N–H and O–H groups in total. The van der Waals surface area contributed by atoms with Crippen LogP contribution in [-0.4, -0.2) is 24.5 Å². The maximum absolute atomic E-state index is 12.0. The van der Waals surface area contributed by atoms with E-state index in [0.29, 0.717) is 6.54 Å². The van der Waals surface area contributed by atoms with Crippen molar-refractivity contribution in [1.82, 2.24) is 10.4 Å². The number of hydrogen-bond acceptors (Lipinski definition) is 3. The number of nitrogens with one attached hydrogen (secondary N) is 1. The Morgan fingerprint density at radius 2 is 1.68 bits per heavy atom. The Kier molecular flexibility index (Phi) is 4.66. The lowest BCUT2D eigenvalue weighted by Gasteiger charge is -2.27. The largest absolute Gasteiger partial charge is 0.573 e. The van der Waals surface area contributed by atoms with Gasteiger partial charge in [0.05, 0.1) is 0 Å². The molecule has 3 nitrogen and oxygen atoms in total. The van der Waals surface area contributed by atoms with Crippen LogP contribution in [0, 0.1) is 0 Å². The first kappa shape index (κ1) is 14.1. The Hall–Kier alpha value is -1.27. The van der Waals surface area contributed by atoms with E-state index < -0.39 is 6.36 Å². The maximum Gasteiger partial charge on any atom is 0.573 e. The van der Waals surface area contributed by atoms with Gasteiger partial charge in [0, 0.05) is 19.6 Å². The van der Waals surface area contributed by atoms with Crippen LogP contribution in [0.4, 0.5) is 13.2 Å². The third-order valence-corrected chi connectivity index (χ3v) is 3.02. The highest BCUT2D eigenvalue weighted by Crippen LogP contribution is 2.22. The number of hydrazine groups is 1. The Morgan fingerprint density at radius 3 is 2.26 bits per heavy atom. The zero-order valence-electron chi connectivity index (χ0n) is 10.5. The molecule has 0 unspecified atom stereocenters. The van der Waals surface area contributed by atoms with Gasteiger partial charge in [-0.3, -0.25) is 5.43 Å². The summed E-state index contributed by atoms with van der Waals surface area (Å²) in [6.07, 6.45) is -0.994. The van der Waals surface area contributed by atoms with E-state index in [1.165, 1.54) is 31.4 Å². The predicted octanol–water partition coefficient (Wildman–Crippen LogP) is 3.08. The Morgan fingerprint density at radius 1 is 1.05 bits per heavy atom. The normalized spacial score (nSPS) is 17.4. The van der Waals surface area contributed by atoms with Gasteiger partial charge in [-0.05, 0) is 30.5 Å². The molecule has 0 bridgehead atoms. The first-order valence-corrected chi connectivity index (χ1v) is 6.36. The van der Waals surface area contributed by atoms with Crippen molar-refractivity contribution in [3.8, 4) is 5.75 Å². The summed E-state index contributed by atoms with van der Waals surface area (Å²) in [5.41, 5.74) is 4.21. The third-order valence-electron chi connectivity index (χ3n) is 3.02. The van der Waals surface area contributed by atoms with Crippen molar-refractivity contribution in [2.45, 2.75) is 32.2 Å². The van der Waals surface area contributed by atoms with E-state index in [4.69, 9.17) is 0 Å². The van der Waals surface area contributed by atoms with Crippen LogP contribution >= 0.6 is 0 Å². The van der Waals surface area contributed by atoms with Crippen LogP contribution in [0.5, 0.6) is 5.75 Å². The lowest BCUT2D eigenvalue weighted by atomic mass is 10.2. The molecule has 0 atom stereocenters. The van der Waals surface area contributed by atoms with Gasteiger partial charge in [-0.1, -0.05) is 18.6 Å². The summed E-state index contributed by atoms with van der Waals surface area (Å²) in [6, 6.07) is 5.94. The van der Waals surface area contributed by atoms with Gasteiger partial charge in [-0.2, -0.15) is 0 Å². The molecule has 106 valence electrons. The van der Waals surface area contributed by atoms with E-state index in [0.717, 1.165) is 18.7 Å². The van der Waals surface area contributed by atoms with E-state index in [2.05, 4.69) is 15.2 Å².